The van der Waals surface area contributed by atoms with Crippen LogP contribution in [-0.4, -0.2) is 69.7 Å². The number of hydrogen-bond acceptors (Lipinski definition) is 6. The molecule has 2 aliphatic rings. The number of ether oxygens (including phenoxy) is 1. The van der Waals surface area contributed by atoms with Gasteiger partial charge in [-0.1, -0.05) is 6.92 Å². The molecule has 0 spiro atoms. The minimum absolute atomic E-state index is 0.280. The molecule has 2 saturated heterocycles. The Bertz CT molecular complexity index is 311. The minimum Gasteiger partial charge on any atom is -0.458 e. The maximum Gasteiger partial charge on any atom is 0.306 e. The summed E-state index contributed by atoms with van der Waals surface area (Å²) in [7, 11) is 0. The minimum atomic E-state index is -1.13. The first-order chi connectivity index (χ1) is 8.54. The molecule has 6 nitrogen and oxygen atoms in total. The lowest BCUT2D eigenvalue weighted by atomic mass is 9.92. The van der Waals surface area contributed by atoms with Gasteiger partial charge in [0, 0.05) is 19.5 Å². The highest BCUT2D eigenvalue weighted by molar-refractivity contribution is 5.69. The zero-order valence-electron chi connectivity index (χ0n) is 10.5. The Hall–Kier alpha value is -0.690. The molecule has 104 valence electrons. The van der Waals surface area contributed by atoms with Gasteiger partial charge in [-0.05, 0) is 12.8 Å². The van der Waals surface area contributed by atoms with Crippen LogP contribution in [0.4, 0.5) is 0 Å². The zero-order chi connectivity index (χ0) is 13.3. The van der Waals surface area contributed by atoms with E-state index < -0.39 is 36.4 Å². The van der Waals surface area contributed by atoms with E-state index in [1.54, 1.807) is 0 Å². The van der Waals surface area contributed by atoms with Gasteiger partial charge in [0.1, 0.15) is 12.2 Å². The average Bonchev–Trinajstić information content (AvgIpc) is 2.67. The van der Waals surface area contributed by atoms with Gasteiger partial charge in [0.25, 0.3) is 0 Å². The van der Waals surface area contributed by atoms with Crippen LogP contribution in [0.5, 0.6) is 0 Å². The molecule has 3 N–H and O–H groups in total. The van der Waals surface area contributed by atoms with E-state index in [9.17, 15) is 20.1 Å². The van der Waals surface area contributed by atoms with Crippen molar-refractivity contribution in [3.8, 4) is 0 Å². The molecular formula is C12H21NO5. The molecule has 0 saturated carbocycles. The third-order valence-electron chi connectivity index (χ3n) is 3.74. The molecule has 2 rings (SSSR count). The number of hydrogen-bond donors (Lipinski definition) is 3. The highest BCUT2D eigenvalue weighted by Gasteiger charge is 2.50. The highest BCUT2D eigenvalue weighted by atomic mass is 16.6. The Labute approximate surface area is 106 Å². The Morgan fingerprint density at radius 1 is 1.33 bits per heavy atom. The van der Waals surface area contributed by atoms with Crippen molar-refractivity contribution in [2.45, 2.75) is 56.6 Å². The van der Waals surface area contributed by atoms with Crippen LogP contribution in [-0.2, 0) is 9.53 Å². The largest absolute Gasteiger partial charge is 0.458 e. The van der Waals surface area contributed by atoms with Crippen LogP contribution < -0.4 is 0 Å². The molecule has 0 aromatic carbocycles. The van der Waals surface area contributed by atoms with E-state index in [4.69, 9.17) is 4.74 Å². The summed E-state index contributed by atoms with van der Waals surface area (Å²) in [6, 6.07) is -0.399. The second-order valence-electron chi connectivity index (χ2n) is 5.10. The molecule has 5 atom stereocenters. The smallest absolute Gasteiger partial charge is 0.306 e. The molecule has 2 fully saturated rings. The Morgan fingerprint density at radius 3 is 2.72 bits per heavy atom. The van der Waals surface area contributed by atoms with Crippen LogP contribution in [0.1, 0.15) is 26.2 Å². The van der Waals surface area contributed by atoms with Gasteiger partial charge in [-0.2, -0.15) is 0 Å². The number of aliphatic hydroxyl groups excluding tert-OH is 3. The lowest BCUT2D eigenvalue weighted by Crippen LogP contribution is -2.62. The summed E-state index contributed by atoms with van der Waals surface area (Å²) >= 11 is 0. The molecule has 2 heterocycles. The number of rotatable bonds is 3. The van der Waals surface area contributed by atoms with E-state index in [-0.39, 0.29) is 6.42 Å². The Morgan fingerprint density at radius 2 is 2.06 bits per heavy atom. The van der Waals surface area contributed by atoms with Crippen molar-refractivity contribution in [3.63, 3.8) is 0 Å². The van der Waals surface area contributed by atoms with E-state index in [2.05, 4.69) is 0 Å². The molecule has 0 unspecified atom stereocenters. The Balaban J connectivity index is 2.09. The van der Waals surface area contributed by atoms with Crippen LogP contribution in [0.15, 0.2) is 0 Å². The summed E-state index contributed by atoms with van der Waals surface area (Å²) in [6.07, 6.45) is -2.00. The highest BCUT2D eigenvalue weighted by Crippen LogP contribution is 2.30. The summed E-state index contributed by atoms with van der Waals surface area (Å²) in [5.74, 6) is -0.394. The first-order valence-corrected chi connectivity index (χ1v) is 6.52. The number of piperidine rings is 1. The summed E-state index contributed by atoms with van der Waals surface area (Å²) in [6.45, 7) is 2.83. The number of nitrogens with zero attached hydrogens (tertiary/aromatic N) is 1. The molecule has 0 radical (unpaired) electrons. The first-order valence-electron chi connectivity index (χ1n) is 6.52. The summed E-state index contributed by atoms with van der Waals surface area (Å²) in [4.78, 5) is 13.4. The Kier molecular flexibility index (Phi) is 4.21. The summed E-state index contributed by atoms with van der Waals surface area (Å²) in [5.41, 5.74) is 0. The number of carbonyl (C=O) groups is 1. The number of esters is 1. The molecule has 0 amide bonds. The van der Waals surface area contributed by atoms with Crippen molar-refractivity contribution in [2.24, 2.45) is 0 Å². The molecule has 0 bridgehead atoms. The van der Waals surface area contributed by atoms with Gasteiger partial charge in [0.05, 0.1) is 18.2 Å². The zero-order valence-corrected chi connectivity index (χ0v) is 10.5. The third kappa shape index (κ3) is 2.51. The average molecular weight is 259 g/mol. The molecular weight excluding hydrogens is 238 g/mol. The maximum atomic E-state index is 11.5. The molecule has 6 heteroatoms. The van der Waals surface area contributed by atoms with E-state index in [1.807, 2.05) is 11.8 Å². The third-order valence-corrected chi connectivity index (χ3v) is 3.74. The number of aliphatic hydroxyl groups is 3. The quantitative estimate of drug-likeness (QED) is 0.556. The molecule has 0 aliphatic carbocycles. The van der Waals surface area contributed by atoms with Gasteiger partial charge in [-0.25, -0.2) is 0 Å². The lowest BCUT2D eigenvalue weighted by Gasteiger charge is -2.42. The molecule has 0 aromatic rings. The molecule has 2 aliphatic heterocycles. The normalized spacial score (nSPS) is 40.6. The first kappa shape index (κ1) is 13.7. The van der Waals surface area contributed by atoms with Crippen molar-refractivity contribution in [2.75, 3.05) is 13.1 Å². The molecule has 18 heavy (non-hydrogen) atoms. The lowest BCUT2D eigenvalue weighted by molar-refractivity contribution is -0.182. The monoisotopic (exact) mass is 259 g/mol. The summed E-state index contributed by atoms with van der Waals surface area (Å²) < 4.78 is 5.25. The number of carbonyl (C=O) groups excluding carboxylic acids is 1. The summed E-state index contributed by atoms with van der Waals surface area (Å²) in [5, 5.41) is 29.6. The van der Waals surface area contributed by atoms with Gasteiger partial charge >= 0.3 is 5.97 Å². The predicted molar refractivity (Wildman–Crippen MR) is 62.8 cm³/mol. The second-order valence-corrected chi connectivity index (χ2v) is 5.10. The van der Waals surface area contributed by atoms with Crippen LogP contribution in [0.3, 0.4) is 0 Å². The fourth-order valence-electron chi connectivity index (χ4n) is 2.82. The van der Waals surface area contributed by atoms with E-state index >= 15 is 0 Å². The van der Waals surface area contributed by atoms with Gasteiger partial charge in [0.2, 0.25) is 0 Å². The van der Waals surface area contributed by atoms with Crippen LogP contribution >= 0.6 is 0 Å². The fraction of sp³-hybridized carbons (Fsp3) is 0.917. The molecule has 0 aromatic heterocycles. The van der Waals surface area contributed by atoms with E-state index in [0.29, 0.717) is 25.9 Å². The van der Waals surface area contributed by atoms with Crippen molar-refractivity contribution in [1.29, 1.82) is 0 Å². The van der Waals surface area contributed by atoms with Crippen LogP contribution in [0, 0.1) is 0 Å². The fourth-order valence-corrected chi connectivity index (χ4v) is 2.82. The van der Waals surface area contributed by atoms with Crippen LogP contribution in [0.2, 0.25) is 0 Å². The predicted octanol–water partition coefficient (Wildman–Crippen LogP) is -1.13. The second kappa shape index (κ2) is 5.52. The standard InChI is InChI=1S/C12H21NO5/c1-2-3-9(16)18-12-10-7(14)4-5-13(10)6-8(15)11(12)17/h7-8,10-12,14-15,17H,2-6H2,1H3/t7-,8-,10+,11+,12+/m0/s1. The maximum absolute atomic E-state index is 11.5. The van der Waals surface area contributed by atoms with Crippen molar-refractivity contribution in [1.82, 2.24) is 4.90 Å². The van der Waals surface area contributed by atoms with Gasteiger partial charge < -0.3 is 20.1 Å². The van der Waals surface area contributed by atoms with E-state index in [1.165, 1.54) is 0 Å². The van der Waals surface area contributed by atoms with E-state index in [0.717, 1.165) is 0 Å². The van der Waals surface area contributed by atoms with Gasteiger partial charge in [-0.3, -0.25) is 9.69 Å². The van der Waals surface area contributed by atoms with Crippen molar-refractivity contribution < 1.29 is 24.9 Å². The van der Waals surface area contributed by atoms with Crippen molar-refractivity contribution in [3.05, 3.63) is 0 Å². The SMILES string of the molecule is CCCC(=O)O[C@H]1[C@H](O)[C@@H](O)CN2CC[C@H](O)[C@H]12. The van der Waals surface area contributed by atoms with Gasteiger partial charge in [0.15, 0.2) is 0 Å². The van der Waals surface area contributed by atoms with Crippen molar-refractivity contribution >= 4 is 5.97 Å². The topological polar surface area (TPSA) is 90.2 Å². The van der Waals surface area contributed by atoms with Gasteiger partial charge in [-0.15, -0.1) is 0 Å². The van der Waals surface area contributed by atoms with Crippen LogP contribution in [0.25, 0.3) is 0 Å². The number of fused-ring (bicyclic) bond motifs is 1.